The minimum Gasteiger partial charge on any atom is -0.491 e. The number of aromatic nitrogens is 3. The number of nitrogens with zero attached hydrogens (tertiary/aromatic N) is 4. The van der Waals surface area contributed by atoms with Gasteiger partial charge >= 0.3 is 0 Å². The van der Waals surface area contributed by atoms with Crippen LogP contribution < -0.4 is 15.4 Å². The van der Waals surface area contributed by atoms with Crippen LogP contribution in [0.2, 0.25) is 5.02 Å². The molecule has 2 heterocycles. The van der Waals surface area contributed by atoms with E-state index in [1.165, 1.54) is 4.90 Å². The minimum absolute atomic E-state index is 0.0452. The molecular weight excluding hydrogens is 508 g/mol. The van der Waals surface area contributed by atoms with Crippen molar-refractivity contribution in [2.45, 2.75) is 32.7 Å². The lowest BCUT2D eigenvalue weighted by molar-refractivity contribution is -0.123. The molecule has 38 heavy (non-hydrogen) atoms. The average molecular weight is 539 g/mol. The highest BCUT2D eigenvalue weighted by atomic mass is 35.5. The van der Waals surface area contributed by atoms with E-state index in [1.807, 2.05) is 19.9 Å². The predicted octanol–water partition coefficient (Wildman–Crippen LogP) is 3.11. The summed E-state index contributed by atoms with van der Waals surface area (Å²) in [6.45, 7) is 4.74. The molecule has 0 saturated carbocycles. The monoisotopic (exact) mass is 538 g/mol. The molecule has 4 rings (SSSR count). The van der Waals surface area contributed by atoms with Gasteiger partial charge in [-0.15, -0.1) is 10.2 Å². The van der Waals surface area contributed by atoms with Gasteiger partial charge in [-0.05, 0) is 55.2 Å². The lowest BCUT2D eigenvalue weighted by Crippen LogP contribution is -2.48. The van der Waals surface area contributed by atoms with Gasteiger partial charge in [-0.3, -0.25) is 19.0 Å². The Kier molecular flexibility index (Phi) is 8.96. The number of halogens is 1. The second-order valence-corrected chi connectivity index (χ2v) is 9.92. The van der Waals surface area contributed by atoms with Crippen molar-refractivity contribution >= 4 is 29.3 Å². The van der Waals surface area contributed by atoms with Gasteiger partial charge in [-0.2, -0.15) is 0 Å². The van der Waals surface area contributed by atoms with Crippen molar-refractivity contribution < 1.29 is 19.1 Å². The van der Waals surface area contributed by atoms with Gasteiger partial charge in [0.05, 0.1) is 18.2 Å². The molecule has 0 unspecified atom stereocenters. The first-order chi connectivity index (χ1) is 18.3. The Hall–Kier alpha value is -3.92. The number of hydrogen-bond acceptors (Lipinski definition) is 6. The number of amides is 3. The molecule has 0 saturated heterocycles. The van der Waals surface area contributed by atoms with Crippen LogP contribution in [-0.2, 0) is 4.79 Å². The molecule has 0 radical (unpaired) electrons. The maximum Gasteiger partial charge on any atom is 0.255 e. The summed E-state index contributed by atoms with van der Waals surface area (Å²) in [6.07, 6.45) is 4.31. The Morgan fingerprint density at radius 1 is 1.11 bits per heavy atom. The van der Waals surface area contributed by atoms with Crippen LogP contribution in [0.25, 0.3) is 5.69 Å². The summed E-state index contributed by atoms with van der Waals surface area (Å²) < 4.78 is 7.68. The van der Waals surface area contributed by atoms with E-state index in [9.17, 15) is 14.4 Å². The molecule has 0 aliphatic carbocycles. The number of fused-ring (bicyclic) bond motifs is 1. The van der Waals surface area contributed by atoms with Gasteiger partial charge in [0.25, 0.3) is 11.8 Å². The van der Waals surface area contributed by atoms with Crippen molar-refractivity contribution in [3.63, 3.8) is 0 Å². The Balaban J connectivity index is 1.55. The average Bonchev–Trinajstić information content (AvgIpc) is 3.45. The van der Waals surface area contributed by atoms with Gasteiger partial charge in [0.2, 0.25) is 5.91 Å². The van der Waals surface area contributed by atoms with Gasteiger partial charge in [0.1, 0.15) is 25.0 Å². The smallest absolute Gasteiger partial charge is 0.255 e. The van der Waals surface area contributed by atoms with Crippen LogP contribution >= 0.6 is 11.6 Å². The molecule has 11 heteroatoms. The zero-order chi connectivity index (χ0) is 27.1. The highest BCUT2D eigenvalue weighted by Crippen LogP contribution is 2.24. The van der Waals surface area contributed by atoms with Crippen molar-refractivity contribution in [1.82, 2.24) is 30.3 Å². The third-order valence-corrected chi connectivity index (χ3v) is 6.56. The SMILES string of the molecule is CC(C)[C@H]1COc2ccc(Cl)cc2C(=O)NCCCCN(C(=O)c2cccc(-n3cnnc3)c2)CC(=O)N1. The summed E-state index contributed by atoms with van der Waals surface area (Å²) in [7, 11) is 0. The lowest BCUT2D eigenvalue weighted by Gasteiger charge is -2.26. The fraction of sp³-hybridized carbons (Fsp3) is 0.370. The molecule has 1 atom stereocenters. The van der Waals surface area contributed by atoms with Crippen molar-refractivity contribution in [2.75, 3.05) is 26.2 Å². The fourth-order valence-corrected chi connectivity index (χ4v) is 4.28. The van der Waals surface area contributed by atoms with E-state index in [0.717, 1.165) is 5.69 Å². The number of hydrogen-bond donors (Lipinski definition) is 2. The van der Waals surface area contributed by atoms with Gasteiger partial charge in [-0.25, -0.2) is 0 Å². The Morgan fingerprint density at radius 3 is 2.66 bits per heavy atom. The zero-order valence-electron chi connectivity index (χ0n) is 21.4. The topological polar surface area (TPSA) is 118 Å². The molecule has 0 spiro atoms. The van der Waals surface area contributed by atoms with E-state index in [0.29, 0.717) is 47.8 Å². The molecule has 0 bridgehead atoms. The highest BCUT2D eigenvalue weighted by molar-refractivity contribution is 6.31. The molecule has 200 valence electrons. The van der Waals surface area contributed by atoms with Crippen LogP contribution in [0.5, 0.6) is 5.75 Å². The van der Waals surface area contributed by atoms with Gasteiger partial charge in [0, 0.05) is 29.4 Å². The summed E-state index contributed by atoms with van der Waals surface area (Å²) in [5, 5.41) is 14.0. The van der Waals surface area contributed by atoms with Gasteiger partial charge in [0.15, 0.2) is 0 Å². The second kappa shape index (κ2) is 12.6. The zero-order valence-corrected chi connectivity index (χ0v) is 22.1. The Morgan fingerprint density at radius 2 is 1.89 bits per heavy atom. The van der Waals surface area contributed by atoms with Crippen LogP contribution in [-0.4, -0.2) is 69.7 Å². The number of carbonyl (C=O) groups excluding carboxylic acids is 3. The summed E-state index contributed by atoms with van der Waals surface area (Å²) in [6, 6.07) is 11.6. The molecule has 2 N–H and O–H groups in total. The van der Waals surface area contributed by atoms with E-state index >= 15 is 0 Å². The molecule has 0 fully saturated rings. The number of benzene rings is 2. The number of rotatable bonds is 3. The quantitative estimate of drug-likeness (QED) is 0.529. The van der Waals surface area contributed by atoms with Crippen LogP contribution in [0.1, 0.15) is 47.4 Å². The second-order valence-electron chi connectivity index (χ2n) is 9.48. The lowest BCUT2D eigenvalue weighted by atomic mass is 10.1. The molecule has 1 aliphatic heterocycles. The molecular formula is C27H31ClN6O4. The first-order valence-electron chi connectivity index (χ1n) is 12.6. The molecule has 3 amide bonds. The largest absolute Gasteiger partial charge is 0.491 e. The third-order valence-electron chi connectivity index (χ3n) is 6.33. The molecule has 2 aromatic carbocycles. The van der Waals surface area contributed by atoms with Crippen molar-refractivity contribution in [3.05, 3.63) is 71.3 Å². The standard InChI is InChI=1S/C27H31ClN6O4/c1-18(2)23-15-38-24-9-8-20(28)13-22(24)26(36)29-10-3-4-11-33(14-25(35)32-23)27(37)19-6-5-7-21(12-19)34-16-30-31-17-34/h5-9,12-13,16-18,23H,3-4,10-11,14-15H2,1-2H3,(H,29,36)(H,32,35)/t23-/m1/s1. The van der Waals surface area contributed by atoms with E-state index in [2.05, 4.69) is 20.8 Å². The van der Waals surface area contributed by atoms with E-state index < -0.39 is 0 Å². The summed E-state index contributed by atoms with van der Waals surface area (Å²) in [4.78, 5) is 41.0. The first kappa shape index (κ1) is 27.1. The van der Waals surface area contributed by atoms with E-state index in [-0.39, 0.29) is 42.8 Å². The van der Waals surface area contributed by atoms with E-state index in [1.54, 1.807) is 53.6 Å². The first-order valence-corrected chi connectivity index (χ1v) is 12.9. The maximum absolute atomic E-state index is 13.5. The normalized spacial score (nSPS) is 17.5. The van der Waals surface area contributed by atoms with Crippen molar-refractivity contribution in [1.29, 1.82) is 0 Å². The van der Waals surface area contributed by atoms with Crippen LogP contribution in [0.3, 0.4) is 0 Å². The minimum atomic E-state index is -0.340. The number of nitrogens with one attached hydrogen (secondary N) is 2. The maximum atomic E-state index is 13.5. The van der Waals surface area contributed by atoms with Gasteiger partial charge < -0.3 is 20.3 Å². The number of carbonyl (C=O) groups is 3. The van der Waals surface area contributed by atoms with Crippen LogP contribution in [0, 0.1) is 5.92 Å². The number of ether oxygens (including phenoxy) is 1. The van der Waals surface area contributed by atoms with E-state index in [4.69, 9.17) is 16.3 Å². The van der Waals surface area contributed by atoms with Crippen molar-refractivity contribution in [2.24, 2.45) is 5.92 Å². The third kappa shape index (κ3) is 6.89. The summed E-state index contributed by atoms with van der Waals surface area (Å²) in [5.41, 5.74) is 1.53. The molecule has 3 aromatic rings. The molecule has 10 nitrogen and oxygen atoms in total. The molecule has 1 aromatic heterocycles. The highest BCUT2D eigenvalue weighted by Gasteiger charge is 2.24. The summed E-state index contributed by atoms with van der Waals surface area (Å²) >= 11 is 6.13. The Labute approximate surface area is 226 Å². The van der Waals surface area contributed by atoms with Gasteiger partial charge in [-0.1, -0.05) is 31.5 Å². The fourth-order valence-electron chi connectivity index (χ4n) is 4.11. The molecule has 1 aliphatic rings. The Bertz CT molecular complexity index is 1280. The van der Waals surface area contributed by atoms with Crippen molar-refractivity contribution in [3.8, 4) is 11.4 Å². The summed E-state index contributed by atoms with van der Waals surface area (Å²) in [5.74, 6) is -0.393. The predicted molar refractivity (Wildman–Crippen MR) is 143 cm³/mol. The van der Waals surface area contributed by atoms with Crippen LogP contribution in [0.4, 0.5) is 0 Å². The van der Waals surface area contributed by atoms with Crippen LogP contribution in [0.15, 0.2) is 55.1 Å².